The summed E-state index contributed by atoms with van der Waals surface area (Å²) < 4.78 is 0. The van der Waals surface area contributed by atoms with Gasteiger partial charge in [0.2, 0.25) is 0 Å². The zero-order valence-electron chi connectivity index (χ0n) is 8.08. The Labute approximate surface area is 74.8 Å². The van der Waals surface area contributed by atoms with Crippen LogP contribution in [0.3, 0.4) is 0 Å². The highest BCUT2D eigenvalue weighted by atomic mass is 16.3. The fraction of sp³-hybridized carbons (Fsp3) is 1.00. The molecule has 0 saturated heterocycles. The van der Waals surface area contributed by atoms with E-state index < -0.39 is 0 Å². The number of hydrogen-bond acceptors (Lipinski definition) is 3. The standard InChI is InChI=1S/C9H21NO2/c1-3-9(4-2)10-5-8(6-11)7-12/h8-12H,3-7H2,1-2H3. The summed E-state index contributed by atoms with van der Waals surface area (Å²) in [6.07, 6.45) is 2.19. The number of rotatable bonds is 7. The van der Waals surface area contributed by atoms with Gasteiger partial charge in [-0.2, -0.15) is 0 Å². The molecule has 0 aromatic heterocycles. The van der Waals surface area contributed by atoms with Gasteiger partial charge in [-0.15, -0.1) is 0 Å². The highest BCUT2D eigenvalue weighted by Crippen LogP contribution is 1.98. The van der Waals surface area contributed by atoms with Gasteiger partial charge in [0.1, 0.15) is 0 Å². The Morgan fingerprint density at radius 2 is 1.58 bits per heavy atom. The quantitative estimate of drug-likeness (QED) is 0.524. The average Bonchev–Trinajstić information content (AvgIpc) is 2.13. The van der Waals surface area contributed by atoms with Crippen molar-refractivity contribution in [2.75, 3.05) is 19.8 Å². The molecule has 0 spiro atoms. The molecule has 0 unspecified atom stereocenters. The lowest BCUT2D eigenvalue weighted by atomic mass is 10.1. The van der Waals surface area contributed by atoms with Crippen molar-refractivity contribution >= 4 is 0 Å². The summed E-state index contributed by atoms with van der Waals surface area (Å²) in [4.78, 5) is 0. The van der Waals surface area contributed by atoms with Crippen LogP contribution in [-0.2, 0) is 0 Å². The van der Waals surface area contributed by atoms with Gasteiger partial charge in [-0.1, -0.05) is 13.8 Å². The second-order valence-corrected chi connectivity index (χ2v) is 3.15. The molecule has 0 aromatic carbocycles. The monoisotopic (exact) mass is 175 g/mol. The Bertz CT molecular complexity index is 78.5. The lowest BCUT2D eigenvalue weighted by molar-refractivity contribution is 0.145. The molecule has 0 radical (unpaired) electrons. The van der Waals surface area contributed by atoms with Crippen LogP contribution >= 0.6 is 0 Å². The molecule has 0 heterocycles. The Kier molecular flexibility index (Phi) is 7.45. The van der Waals surface area contributed by atoms with Crippen molar-refractivity contribution in [3.8, 4) is 0 Å². The number of aliphatic hydroxyl groups is 2. The Morgan fingerprint density at radius 1 is 1.08 bits per heavy atom. The van der Waals surface area contributed by atoms with Gasteiger partial charge in [-0.05, 0) is 12.8 Å². The maximum Gasteiger partial charge on any atom is 0.0493 e. The van der Waals surface area contributed by atoms with E-state index in [1.54, 1.807) is 0 Å². The Hall–Kier alpha value is -0.120. The zero-order valence-corrected chi connectivity index (χ0v) is 8.08. The third-order valence-corrected chi connectivity index (χ3v) is 2.20. The van der Waals surface area contributed by atoms with E-state index in [1.165, 1.54) is 0 Å². The molecular weight excluding hydrogens is 154 g/mol. The van der Waals surface area contributed by atoms with E-state index in [0.717, 1.165) is 12.8 Å². The molecule has 0 fully saturated rings. The van der Waals surface area contributed by atoms with Gasteiger partial charge in [0.15, 0.2) is 0 Å². The van der Waals surface area contributed by atoms with E-state index in [0.29, 0.717) is 12.6 Å². The topological polar surface area (TPSA) is 52.5 Å². The summed E-state index contributed by atoms with van der Waals surface area (Å²) in [6.45, 7) is 5.09. The van der Waals surface area contributed by atoms with Crippen LogP contribution in [-0.4, -0.2) is 36.0 Å². The van der Waals surface area contributed by atoms with Crippen molar-refractivity contribution in [2.24, 2.45) is 5.92 Å². The van der Waals surface area contributed by atoms with Gasteiger partial charge in [-0.3, -0.25) is 0 Å². The molecule has 3 N–H and O–H groups in total. The smallest absolute Gasteiger partial charge is 0.0493 e. The third-order valence-electron chi connectivity index (χ3n) is 2.20. The van der Waals surface area contributed by atoms with Crippen LogP contribution in [0, 0.1) is 5.92 Å². The first-order valence-corrected chi connectivity index (χ1v) is 4.73. The van der Waals surface area contributed by atoms with Crippen molar-refractivity contribution in [3.05, 3.63) is 0 Å². The van der Waals surface area contributed by atoms with Gasteiger partial charge in [0.25, 0.3) is 0 Å². The van der Waals surface area contributed by atoms with Gasteiger partial charge in [0.05, 0.1) is 0 Å². The second kappa shape index (κ2) is 7.53. The minimum Gasteiger partial charge on any atom is -0.396 e. The van der Waals surface area contributed by atoms with Crippen LogP contribution in [0.5, 0.6) is 0 Å². The van der Waals surface area contributed by atoms with E-state index in [4.69, 9.17) is 10.2 Å². The van der Waals surface area contributed by atoms with Gasteiger partial charge in [0, 0.05) is 31.7 Å². The van der Waals surface area contributed by atoms with Crippen molar-refractivity contribution < 1.29 is 10.2 Å². The van der Waals surface area contributed by atoms with E-state index in [9.17, 15) is 0 Å². The summed E-state index contributed by atoms with van der Waals surface area (Å²) in [5.74, 6) is -0.00870. The van der Waals surface area contributed by atoms with Gasteiger partial charge >= 0.3 is 0 Å². The molecular formula is C9H21NO2. The van der Waals surface area contributed by atoms with E-state index in [-0.39, 0.29) is 19.1 Å². The minimum atomic E-state index is -0.00870. The minimum absolute atomic E-state index is 0.00870. The van der Waals surface area contributed by atoms with Crippen molar-refractivity contribution in [2.45, 2.75) is 32.7 Å². The molecule has 0 aromatic rings. The van der Waals surface area contributed by atoms with Gasteiger partial charge in [-0.25, -0.2) is 0 Å². The Balaban J connectivity index is 3.49. The number of nitrogens with one attached hydrogen (secondary N) is 1. The maximum absolute atomic E-state index is 8.78. The van der Waals surface area contributed by atoms with Crippen LogP contribution < -0.4 is 5.32 Å². The molecule has 0 bridgehead atoms. The summed E-state index contributed by atoms with van der Waals surface area (Å²) in [6, 6.07) is 0.519. The molecule has 0 aliphatic heterocycles. The van der Waals surface area contributed by atoms with Gasteiger partial charge < -0.3 is 15.5 Å². The molecule has 3 heteroatoms. The van der Waals surface area contributed by atoms with Crippen LogP contribution in [0.25, 0.3) is 0 Å². The predicted octanol–water partition coefficient (Wildman–Crippen LogP) is 0.365. The summed E-state index contributed by atoms with van der Waals surface area (Å²) in [7, 11) is 0. The first-order chi connectivity index (χ1) is 5.78. The molecule has 0 amide bonds. The third kappa shape index (κ3) is 4.70. The van der Waals surface area contributed by atoms with Crippen LogP contribution in [0.2, 0.25) is 0 Å². The molecule has 0 rings (SSSR count). The number of aliphatic hydroxyl groups excluding tert-OH is 2. The number of hydrogen-bond donors (Lipinski definition) is 3. The summed E-state index contributed by atoms with van der Waals surface area (Å²) in [5, 5.41) is 20.9. The fourth-order valence-electron chi connectivity index (χ4n) is 1.10. The molecule has 0 atom stereocenters. The highest BCUT2D eigenvalue weighted by molar-refractivity contribution is 4.66. The first kappa shape index (κ1) is 11.9. The molecule has 0 aliphatic rings. The maximum atomic E-state index is 8.78. The first-order valence-electron chi connectivity index (χ1n) is 4.73. The largest absolute Gasteiger partial charge is 0.396 e. The molecule has 3 nitrogen and oxygen atoms in total. The van der Waals surface area contributed by atoms with Crippen molar-refractivity contribution in [3.63, 3.8) is 0 Å². The van der Waals surface area contributed by atoms with Crippen molar-refractivity contribution in [1.82, 2.24) is 5.32 Å². The summed E-state index contributed by atoms with van der Waals surface area (Å²) in [5.41, 5.74) is 0. The van der Waals surface area contributed by atoms with Crippen molar-refractivity contribution in [1.29, 1.82) is 0 Å². The van der Waals surface area contributed by atoms with E-state index in [2.05, 4.69) is 19.2 Å². The Morgan fingerprint density at radius 3 is 1.92 bits per heavy atom. The predicted molar refractivity (Wildman–Crippen MR) is 50.0 cm³/mol. The molecule has 74 valence electrons. The zero-order chi connectivity index (χ0) is 9.40. The van der Waals surface area contributed by atoms with Crippen LogP contribution in [0.1, 0.15) is 26.7 Å². The fourth-order valence-corrected chi connectivity index (χ4v) is 1.10. The average molecular weight is 175 g/mol. The van der Waals surface area contributed by atoms with Crippen LogP contribution in [0.4, 0.5) is 0 Å². The van der Waals surface area contributed by atoms with Crippen LogP contribution in [0.15, 0.2) is 0 Å². The summed E-state index contributed by atoms with van der Waals surface area (Å²) >= 11 is 0. The highest BCUT2D eigenvalue weighted by Gasteiger charge is 2.08. The second-order valence-electron chi connectivity index (χ2n) is 3.15. The lowest BCUT2D eigenvalue weighted by Gasteiger charge is -2.18. The van der Waals surface area contributed by atoms with E-state index >= 15 is 0 Å². The van der Waals surface area contributed by atoms with E-state index in [1.807, 2.05) is 0 Å². The molecule has 0 saturated carbocycles. The molecule has 12 heavy (non-hydrogen) atoms. The lowest BCUT2D eigenvalue weighted by Crippen LogP contribution is -2.34. The normalized spacial score (nSPS) is 11.5. The SMILES string of the molecule is CCC(CC)NCC(CO)CO. The molecule has 0 aliphatic carbocycles.